The lowest BCUT2D eigenvalue weighted by Crippen LogP contribution is -2.68. The third-order valence-electron chi connectivity index (χ3n) is 13.4. The Morgan fingerprint density at radius 1 is 0.902 bits per heavy atom. The van der Waals surface area contributed by atoms with Crippen molar-refractivity contribution in [1.82, 2.24) is 0 Å². The van der Waals surface area contributed by atoms with Gasteiger partial charge in [-0.1, -0.05) is 47.1 Å². The van der Waals surface area contributed by atoms with Crippen LogP contribution in [0.4, 0.5) is 0 Å². The molecule has 1 N–H and O–H groups in total. The number of esters is 2. The van der Waals surface area contributed by atoms with Crippen molar-refractivity contribution >= 4 is 23.7 Å². The molecule has 0 aromatic heterocycles. The van der Waals surface area contributed by atoms with Crippen LogP contribution in [-0.2, 0) is 28.7 Å². The maximum Gasteiger partial charge on any atom is 0.310 e. The summed E-state index contributed by atoms with van der Waals surface area (Å²) in [5, 5.41) is 10.6. The molecule has 41 heavy (non-hydrogen) atoms. The minimum atomic E-state index is -0.796. The Morgan fingerprint density at radius 3 is 2.17 bits per heavy atom. The lowest BCUT2D eigenvalue weighted by Gasteiger charge is -2.70. The molecule has 4 saturated carbocycles. The zero-order valence-corrected chi connectivity index (χ0v) is 26.4. The molecule has 0 radical (unpaired) electrons. The average Bonchev–Trinajstić information content (AvgIpc) is 2.85. The molecule has 0 saturated heterocycles. The number of fused-ring (bicyclic) bond motifs is 7. The number of hydrogen-bond donors (Lipinski definition) is 1. The first-order valence-corrected chi connectivity index (χ1v) is 15.7. The van der Waals surface area contributed by atoms with Crippen LogP contribution in [-0.4, -0.2) is 41.5 Å². The molecule has 7 heteroatoms. The van der Waals surface area contributed by atoms with Gasteiger partial charge in [0.1, 0.15) is 12.7 Å². The molecule has 0 aliphatic heterocycles. The Kier molecular flexibility index (Phi) is 6.95. The van der Waals surface area contributed by atoms with Gasteiger partial charge in [-0.05, 0) is 97.4 Å². The van der Waals surface area contributed by atoms with Gasteiger partial charge in [0.15, 0.2) is 5.78 Å². The van der Waals surface area contributed by atoms with Gasteiger partial charge in [-0.3, -0.25) is 19.2 Å². The lowest BCUT2D eigenvalue weighted by atomic mass is 9.33. The van der Waals surface area contributed by atoms with Gasteiger partial charge in [-0.15, -0.1) is 0 Å². The predicted octanol–water partition coefficient (Wildman–Crippen LogP) is 6.53. The smallest absolute Gasteiger partial charge is 0.310 e. The predicted molar refractivity (Wildman–Crippen MR) is 154 cm³/mol. The fourth-order valence-corrected chi connectivity index (χ4v) is 11.1. The van der Waals surface area contributed by atoms with Crippen molar-refractivity contribution in [3.8, 4) is 0 Å². The number of aliphatic carboxylic acids is 1. The van der Waals surface area contributed by atoms with Crippen molar-refractivity contribution in [1.29, 1.82) is 0 Å². The minimum absolute atomic E-state index is 0.0170. The number of ketones is 1. The SMILES string of the molecule is CC(=O)OC[C@]1(C)[C@@H]2CC[C@]3(C)[C@H](C(=O)C=C4[C@H]5CC(C)(C)CC[C@]5(C(=O)O)CC[C@@]43C)[C@]2(C)CC[C@@H]1OC(C)=O. The Bertz CT molecular complexity index is 1200. The van der Waals surface area contributed by atoms with Gasteiger partial charge in [-0.25, -0.2) is 0 Å². The molecule has 5 rings (SSSR count). The van der Waals surface area contributed by atoms with Gasteiger partial charge in [-0.2, -0.15) is 0 Å². The van der Waals surface area contributed by atoms with Crippen molar-refractivity contribution in [2.45, 2.75) is 119 Å². The number of hydrogen-bond acceptors (Lipinski definition) is 6. The fourth-order valence-electron chi connectivity index (χ4n) is 11.1. The van der Waals surface area contributed by atoms with Crippen molar-refractivity contribution in [3.63, 3.8) is 0 Å². The van der Waals surface area contributed by atoms with Gasteiger partial charge < -0.3 is 14.6 Å². The molecule has 7 nitrogen and oxygen atoms in total. The summed E-state index contributed by atoms with van der Waals surface area (Å²) in [7, 11) is 0. The number of carbonyl (C=O) groups excluding carboxylic acids is 3. The summed E-state index contributed by atoms with van der Waals surface area (Å²) in [6.07, 6.45) is 8.25. The van der Waals surface area contributed by atoms with E-state index in [0.29, 0.717) is 19.3 Å². The van der Waals surface area contributed by atoms with Crippen LogP contribution in [0.3, 0.4) is 0 Å². The highest BCUT2D eigenvalue weighted by atomic mass is 16.6. The van der Waals surface area contributed by atoms with E-state index >= 15 is 0 Å². The molecule has 4 fully saturated rings. The molecule has 9 atom stereocenters. The molecule has 0 unspecified atom stereocenters. The Labute approximate surface area is 245 Å². The number of carboxylic acids is 1. The zero-order chi connectivity index (χ0) is 30.4. The second-order valence-electron chi connectivity index (χ2n) is 16.1. The number of allylic oxidation sites excluding steroid dienone is 2. The highest BCUT2D eigenvalue weighted by Gasteiger charge is 2.72. The minimum Gasteiger partial charge on any atom is -0.481 e. The maximum atomic E-state index is 14.5. The number of carboxylic acid groups (broad SMARTS) is 1. The fraction of sp³-hybridized carbons (Fsp3) is 0.824. The summed E-state index contributed by atoms with van der Waals surface area (Å²) < 4.78 is 11.5. The molecular formula is C34H50O7. The van der Waals surface area contributed by atoms with Gasteiger partial charge in [0.2, 0.25) is 0 Å². The first-order chi connectivity index (χ1) is 18.9. The summed E-state index contributed by atoms with van der Waals surface area (Å²) >= 11 is 0. The van der Waals surface area contributed by atoms with Gasteiger partial charge >= 0.3 is 17.9 Å². The molecule has 0 bridgehead atoms. The summed E-state index contributed by atoms with van der Waals surface area (Å²) in [5.74, 6) is -1.66. The largest absolute Gasteiger partial charge is 0.481 e. The number of rotatable bonds is 4. The molecule has 0 aromatic rings. The van der Waals surface area contributed by atoms with Crippen LogP contribution in [0.25, 0.3) is 0 Å². The monoisotopic (exact) mass is 570 g/mol. The Hall–Kier alpha value is -2.18. The van der Waals surface area contributed by atoms with Crippen LogP contribution in [0.1, 0.15) is 113 Å². The summed E-state index contributed by atoms with van der Waals surface area (Å²) in [6, 6.07) is 0. The van der Waals surface area contributed by atoms with Crippen LogP contribution in [0.15, 0.2) is 11.6 Å². The second-order valence-corrected chi connectivity index (χ2v) is 16.1. The van der Waals surface area contributed by atoms with E-state index in [-0.39, 0.29) is 63.7 Å². The molecule has 0 spiro atoms. The van der Waals surface area contributed by atoms with Gasteiger partial charge in [0, 0.05) is 25.2 Å². The van der Waals surface area contributed by atoms with E-state index in [4.69, 9.17) is 9.47 Å². The van der Waals surface area contributed by atoms with Crippen LogP contribution >= 0.6 is 0 Å². The average molecular weight is 571 g/mol. The van der Waals surface area contributed by atoms with E-state index in [0.717, 1.165) is 44.1 Å². The molecule has 0 amide bonds. The van der Waals surface area contributed by atoms with E-state index in [9.17, 15) is 24.3 Å². The van der Waals surface area contributed by atoms with Crippen molar-refractivity contribution in [2.24, 2.45) is 50.2 Å². The van der Waals surface area contributed by atoms with E-state index < -0.39 is 22.9 Å². The van der Waals surface area contributed by atoms with E-state index in [1.54, 1.807) is 0 Å². The third kappa shape index (κ3) is 4.17. The zero-order valence-electron chi connectivity index (χ0n) is 26.4. The van der Waals surface area contributed by atoms with Gasteiger partial charge in [0.05, 0.1) is 5.41 Å². The molecular weight excluding hydrogens is 520 g/mol. The maximum absolute atomic E-state index is 14.5. The van der Waals surface area contributed by atoms with Crippen LogP contribution in [0.2, 0.25) is 0 Å². The third-order valence-corrected chi connectivity index (χ3v) is 13.4. The van der Waals surface area contributed by atoms with E-state index in [2.05, 4.69) is 41.5 Å². The number of ether oxygens (including phenoxy) is 2. The second kappa shape index (κ2) is 9.41. The highest BCUT2D eigenvalue weighted by molar-refractivity contribution is 5.96. The first kappa shape index (κ1) is 30.3. The summed E-state index contributed by atoms with van der Waals surface area (Å²) in [5.41, 5.74) is -1.29. The van der Waals surface area contributed by atoms with Crippen molar-refractivity contribution in [2.75, 3.05) is 6.61 Å². The lowest BCUT2D eigenvalue weighted by molar-refractivity contribution is -0.223. The molecule has 228 valence electrons. The summed E-state index contributed by atoms with van der Waals surface area (Å²) in [6.45, 7) is 16.4. The summed E-state index contributed by atoms with van der Waals surface area (Å²) in [4.78, 5) is 51.5. The Balaban J connectivity index is 1.60. The topological polar surface area (TPSA) is 107 Å². The van der Waals surface area contributed by atoms with Crippen LogP contribution < -0.4 is 0 Å². The quantitative estimate of drug-likeness (QED) is 0.383. The van der Waals surface area contributed by atoms with Crippen LogP contribution in [0.5, 0.6) is 0 Å². The molecule has 0 aromatic carbocycles. The molecule has 5 aliphatic rings. The molecule has 5 aliphatic carbocycles. The van der Waals surface area contributed by atoms with Crippen molar-refractivity contribution < 1.29 is 33.8 Å². The normalized spacial score (nSPS) is 46.5. The first-order valence-electron chi connectivity index (χ1n) is 15.7. The highest BCUT2D eigenvalue weighted by Crippen LogP contribution is 2.75. The van der Waals surface area contributed by atoms with Gasteiger partial charge in [0.25, 0.3) is 0 Å². The standard InChI is InChI=1S/C34H50O7/c1-20(35)40-19-31(6)25-9-12-33(8)27(30(25,5)11-10-26(31)41-21(2)36)24(37)17-22-23-18-29(3,4)13-15-34(23,28(38)39)16-14-32(22,33)7/h17,23,25-27H,9-16,18-19H2,1-8H3,(H,38,39)/t23-,25-,26+,27-,30-,31-,32+,33-,34+/m1/s1. The van der Waals surface area contributed by atoms with Crippen molar-refractivity contribution in [3.05, 3.63) is 11.6 Å². The van der Waals surface area contributed by atoms with E-state index in [1.165, 1.54) is 13.8 Å². The van der Waals surface area contributed by atoms with E-state index in [1.807, 2.05) is 6.08 Å². The van der Waals surface area contributed by atoms with Crippen LogP contribution in [0, 0.1) is 50.2 Å². The number of carbonyl (C=O) groups is 4. The molecule has 0 heterocycles. The Morgan fingerprint density at radius 2 is 1.56 bits per heavy atom.